The van der Waals surface area contributed by atoms with Gasteiger partial charge in [0.1, 0.15) is 5.75 Å². The lowest BCUT2D eigenvalue weighted by atomic mass is 9.89. The predicted molar refractivity (Wildman–Crippen MR) is 98.3 cm³/mol. The molecule has 26 heavy (non-hydrogen) atoms. The molecular weight excluding hydrogens is 334 g/mol. The number of hydrogen-bond donors (Lipinski definition) is 1. The molecule has 2 aliphatic heterocycles. The molecule has 2 fully saturated rings. The molecule has 2 heterocycles. The van der Waals surface area contributed by atoms with Crippen molar-refractivity contribution in [1.82, 2.24) is 10.2 Å². The Balaban J connectivity index is 1.60. The van der Waals surface area contributed by atoms with Crippen LogP contribution in [0.2, 0.25) is 0 Å². The number of ether oxygens (including phenoxy) is 2. The Bertz CT molecular complexity index is 643. The third-order valence-electron chi connectivity index (χ3n) is 5.19. The lowest BCUT2D eigenvalue weighted by Gasteiger charge is -2.40. The fraction of sp³-hybridized carbons (Fsp3) is 0.579. The van der Waals surface area contributed by atoms with Crippen LogP contribution in [0, 0.1) is 5.92 Å². The van der Waals surface area contributed by atoms with E-state index in [4.69, 9.17) is 9.47 Å². The zero-order chi connectivity index (χ0) is 18.5. The number of nitrogens with one attached hydrogen (secondary N) is 1. The summed E-state index contributed by atoms with van der Waals surface area (Å²) in [5, 5.41) is 2.90. The first-order valence-electron chi connectivity index (χ1n) is 9.08. The molecule has 2 saturated heterocycles. The van der Waals surface area contributed by atoms with E-state index in [9.17, 15) is 9.59 Å². The van der Waals surface area contributed by atoms with Crippen LogP contribution >= 0.6 is 0 Å². The van der Waals surface area contributed by atoms with Crippen LogP contribution in [-0.2, 0) is 14.3 Å². The van der Waals surface area contributed by atoms with E-state index in [2.05, 4.69) is 16.3 Å². The highest BCUT2D eigenvalue weighted by atomic mass is 16.5. The molecule has 0 aromatic heterocycles. The first-order valence-corrected chi connectivity index (χ1v) is 9.08. The van der Waals surface area contributed by atoms with E-state index in [1.807, 2.05) is 23.1 Å². The largest absolute Gasteiger partial charge is 0.497 e. The Morgan fingerprint density at radius 2 is 2.00 bits per heavy atom. The van der Waals surface area contributed by atoms with Gasteiger partial charge in [-0.05, 0) is 18.6 Å². The van der Waals surface area contributed by atoms with Gasteiger partial charge in [0.25, 0.3) is 0 Å². The SMILES string of the molecule is COC[C@H]1NC(=O)CC[C@H]1C(=O)N1CCN(c2cccc(OC)c2)CC1. The Morgan fingerprint density at radius 1 is 1.23 bits per heavy atom. The second kappa shape index (κ2) is 8.40. The maximum absolute atomic E-state index is 13.0. The first-order chi connectivity index (χ1) is 12.6. The van der Waals surface area contributed by atoms with Crippen molar-refractivity contribution >= 4 is 17.5 Å². The van der Waals surface area contributed by atoms with Crippen LogP contribution in [0.5, 0.6) is 5.75 Å². The fourth-order valence-electron chi connectivity index (χ4n) is 3.73. The molecule has 1 N–H and O–H groups in total. The summed E-state index contributed by atoms with van der Waals surface area (Å²) < 4.78 is 10.5. The summed E-state index contributed by atoms with van der Waals surface area (Å²) in [5.74, 6) is 0.758. The minimum Gasteiger partial charge on any atom is -0.497 e. The molecule has 2 amide bonds. The van der Waals surface area contributed by atoms with Crippen molar-refractivity contribution in [3.63, 3.8) is 0 Å². The Hall–Kier alpha value is -2.28. The van der Waals surface area contributed by atoms with Crippen LogP contribution in [0.4, 0.5) is 5.69 Å². The van der Waals surface area contributed by atoms with E-state index in [0.29, 0.717) is 32.5 Å². The molecule has 0 spiro atoms. The van der Waals surface area contributed by atoms with Crippen LogP contribution in [0.15, 0.2) is 24.3 Å². The minimum absolute atomic E-state index is 0.000978. The van der Waals surface area contributed by atoms with Gasteiger partial charge in [-0.15, -0.1) is 0 Å². The Kier molecular flexibility index (Phi) is 5.98. The number of methoxy groups -OCH3 is 2. The first kappa shape index (κ1) is 18.5. The summed E-state index contributed by atoms with van der Waals surface area (Å²) >= 11 is 0. The zero-order valence-electron chi connectivity index (χ0n) is 15.4. The highest BCUT2D eigenvalue weighted by molar-refractivity contribution is 5.84. The quantitative estimate of drug-likeness (QED) is 0.843. The number of piperazine rings is 1. The summed E-state index contributed by atoms with van der Waals surface area (Å²) in [6.45, 7) is 3.30. The molecule has 7 heteroatoms. The maximum Gasteiger partial charge on any atom is 0.227 e. The van der Waals surface area contributed by atoms with Gasteiger partial charge in [-0.25, -0.2) is 0 Å². The van der Waals surface area contributed by atoms with Crippen molar-refractivity contribution in [1.29, 1.82) is 0 Å². The highest BCUT2D eigenvalue weighted by Crippen LogP contribution is 2.24. The number of hydrogen-bond acceptors (Lipinski definition) is 5. The van der Waals surface area contributed by atoms with Crippen molar-refractivity contribution in [2.45, 2.75) is 18.9 Å². The van der Waals surface area contributed by atoms with Gasteiger partial charge in [0.2, 0.25) is 11.8 Å². The topological polar surface area (TPSA) is 71.1 Å². The number of anilines is 1. The number of amides is 2. The molecule has 7 nitrogen and oxygen atoms in total. The third kappa shape index (κ3) is 4.09. The molecule has 1 aromatic carbocycles. The molecule has 2 aliphatic rings. The van der Waals surface area contributed by atoms with Crippen molar-refractivity contribution in [2.24, 2.45) is 5.92 Å². The van der Waals surface area contributed by atoms with E-state index < -0.39 is 0 Å². The Morgan fingerprint density at radius 3 is 2.69 bits per heavy atom. The van der Waals surface area contributed by atoms with Crippen molar-refractivity contribution in [3.05, 3.63) is 24.3 Å². The molecular formula is C19H27N3O4. The van der Waals surface area contributed by atoms with Gasteiger partial charge in [-0.2, -0.15) is 0 Å². The zero-order valence-corrected chi connectivity index (χ0v) is 15.4. The smallest absolute Gasteiger partial charge is 0.227 e. The van der Waals surface area contributed by atoms with Gasteiger partial charge in [-0.1, -0.05) is 6.07 Å². The molecule has 1 aromatic rings. The number of carbonyl (C=O) groups is 2. The number of carbonyl (C=O) groups excluding carboxylic acids is 2. The summed E-state index contributed by atoms with van der Waals surface area (Å²) in [7, 11) is 3.25. The second-order valence-electron chi connectivity index (χ2n) is 6.79. The lowest BCUT2D eigenvalue weighted by Crippen LogP contribution is -2.56. The third-order valence-corrected chi connectivity index (χ3v) is 5.19. The monoisotopic (exact) mass is 361 g/mol. The van der Waals surface area contributed by atoms with E-state index in [-0.39, 0.29) is 23.8 Å². The molecule has 0 bridgehead atoms. The summed E-state index contributed by atoms with van der Waals surface area (Å²) in [4.78, 5) is 28.8. The average molecular weight is 361 g/mol. The van der Waals surface area contributed by atoms with Crippen molar-refractivity contribution in [3.8, 4) is 5.75 Å². The number of rotatable bonds is 5. The molecule has 0 saturated carbocycles. The number of nitrogens with zero attached hydrogens (tertiary/aromatic N) is 2. The van der Waals surface area contributed by atoms with E-state index in [0.717, 1.165) is 24.5 Å². The van der Waals surface area contributed by atoms with Crippen LogP contribution in [0.1, 0.15) is 12.8 Å². The van der Waals surface area contributed by atoms with Crippen LogP contribution in [0.3, 0.4) is 0 Å². The standard InChI is InChI=1S/C19H27N3O4/c1-25-13-17-16(6-7-18(23)20-17)19(24)22-10-8-21(9-11-22)14-4-3-5-15(12-14)26-2/h3-5,12,16-17H,6-11,13H2,1-2H3,(H,20,23)/t16-,17-/m1/s1. The van der Waals surface area contributed by atoms with Gasteiger partial charge in [0.05, 0.1) is 25.7 Å². The Labute approximate surface area is 154 Å². The molecule has 142 valence electrons. The molecule has 0 aliphatic carbocycles. The average Bonchev–Trinajstić information content (AvgIpc) is 2.68. The van der Waals surface area contributed by atoms with Gasteiger partial charge in [0.15, 0.2) is 0 Å². The van der Waals surface area contributed by atoms with Crippen LogP contribution in [-0.4, -0.2) is 69.8 Å². The normalized spacial score (nSPS) is 23.5. The maximum atomic E-state index is 13.0. The van der Waals surface area contributed by atoms with Gasteiger partial charge < -0.3 is 24.6 Å². The van der Waals surface area contributed by atoms with Gasteiger partial charge in [0, 0.05) is 51.5 Å². The van der Waals surface area contributed by atoms with Gasteiger partial charge in [-0.3, -0.25) is 9.59 Å². The lowest BCUT2D eigenvalue weighted by molar-refractivity contribution is -0.140. The van der Waals surface area contributed by atoms with Crippen LogP contribution < -0.4 is 15.0 Å². The fourth-order valence-corrected chi connectivity index (χ4v) is 3.73. The summed E-state index contributed by atoms with van der Waals surface area (Å²) in [5.41, 5.74) is 1.11. The van der Waals surface area contributed by atoms with Gasteiger partial charge >= 0.3 is 0 Å². The summed E-state index contributed by atoms with van der Waals surface area (Å²) in [6, 6.07) is 7.75. The predicted octanol–water partition coefficient (Wildman–Crippen LogP) is 0.885. The van der Waals surface area contributed by atoms with Crippen molar-refractivity contribution in [2.75, 3.05) is 51.9 Å². The van der Waals surface area contributed by atoms with E-state index in [1.165, 1.54) is 0 Å². The van der Waals surface area contributed by atoms with Crippen molar-refractivity contribution < 1.29 is 19.1 Å². The van der Waals surface area contributed by atoms with Crippen LogP contribution in [0.25, 0.3) is 0 Å². The summed E-state index contributed by atoms with van der Waals surface area (Å²) in [6.07, 6.45) is 0.995. The number of benzene rings is 1. The van der Waals surface area contributed by atoms with E-state index >= 15 is 0 Å². The molecule has 3 rings (SSSR count). The van der Waals surface area contributed by atoms with E-state index in [1.54, 1.807) is 14.2 Å². The minimum atomic E-state index is -0.231. The molecule has 0 radical (unpaired) electrons. The molecule has 2 atom stereocenters. The number of piperidine rings is 1. The highest BCUT2D eigenvalue weighted by Gasteiger charge is 2.37. The molecule has 0 unspecified atom stereocenters. The second-order valence-corrected chi connectivity index (χ2v) is 6.79.